The summed E-state index contributed by atoms with van der Waals surface area (Å²) < 4.78 is 12.8. The fourth-order valence-electron chi connectivity index (χ4n) is 2.96. The molecular formula is C15H19N7O2S. The molecule has 25 heavy (non-hydrogen) atoms. The normalized spacial score (nSPS) is 18.2. The van der Waals surface area contributed by atoms with Gasteiger partial charge in [0.1, 0.15) is 22.6 Å². The summed E-state index contributed by atoms with van der Waals surface area (Å²) in [5, 5.41) is 15.1. The molecule has 1 fully saturated rings. The average molecular weight is 361 g/mol. The Morgan fingerprint density at radius 2 is 2.32 bits per heavy atom. The van der Waals surface area contributed by atoms with Crippen LogP contribution in [0.4, 0.5) is 5.82 Å². The van der Waals surface area contributed by atoms with Crippen LogP contribution < -0.4 is 4.90 Å². The summed E-state index contributed by atoms with van der Waals surface area (Å²) >= 11 is 1.63. The fraction of sp³-hybridized carbons (Fsp3) is 0.533. The maximum absolute atomic E-state index is 5.93. The number of thiophene rings is 1. The molecule has 9 nitrogen and oxygen atoms in total. The van der Waals surface area contributed by atoms with Gasteiger partial charge in [0, 0.05) is 13.7 Å². The predicted octanol–water partition coefficient (Wildman–Crippen LogP) is 1.21. The van der Waals surface area contributed by atoms with Gasteiger partial charge in [-0.25, -0.2) is 14.6 Å². The first-order chi connectivity index (χ1) is 12.3. The van der Waals surface area contributed by atoms with Crippen molar-refractivity contribution in [2.24, 2.45) is 0 Å². The molecule has 10 heteroatoms. The Bertz CT molecular complexity index is 865. The Kier molecular flexibility index (Phi) is 4.55. The van der Waals surface area contributed by atoms with Gasteiger partial charge in [-0.3, -0.25) is 0 Å². The standard InChI is InChI=1S/C15H19N7O2S/c1-10-16-13(11-3-8-25-15(11)17-10)21-4-7-24-12(9-21)14-18-19-20-22(14)5-6-23-2/h3,8,12H,4-7,9H2,1-2H3. The number of hydrogen-bond acceptors (Lipinski definition) is 9. The largest absolute Gasteiger partial charge is 0.383 e. The van der Waals surface area contributed by atoms with E-state index >= 15 is 0 Å². The van der Waals surface area contributed by atoms with E-state index in [0.717, 1.165) is 28.4 Å². The molecule has 0 amide bonds. The number of aromatic nitrogens is 6. The summed E-state index contributed by atoms with van der Waals surface area (Å²) in [7, 11) is 1.66. The van der Waals surface area contributed by atoms with Gasteiger partial charge in [-0.15, -0.1) is 16.4 Å². The van der Waals surface area contributed by atoms with Crippen molar-refractivity contribution in [3.8, 4) is 0 Å². The third kappa shape index (κ3) is 3.20. The molecule has 0 saturated carbocycles. The van der Waals surface area contributed by atoms with Crippen LogP contribution in [0.25, 0.3) is 10.2 Å². The third-order valence-electron chi connectivity index (χ3n) is 4.14. The minimum absolute atomic E-state index is 0.204. The second-order valence-electron chi connectivity index (χ2n) is 5.79. The molecule has 0 spiro atoms. The number of methoxy groups -OCH3 is 1. The van der Waals surface area contributed by atoms with Crippen molar-refractivity contribution in [2.45, 2.75) is 19.6 Å². The average Bonchev–Trinajstić information content (AvgIpc) is 3.28. The van der Waals surface area contributed by atoms with Gasteiger partial charge in [0.2, 0.25) is 0 Å². The zero-order valence-electron chi connectivity index (χ0n) is 14.1. The van der Waals surface area contributed by atoms with Gasteiger partial charge in [-0.2, -0.15) is 0 Å². The second kappa shape index (κ2) is 6.98. The second-order valence-corrected chi connectivity index (χ2v) is 6.69. The highest BCUT2D eigenvalue weighted by molar-refractivity contribution is 7.16. The van der Waals surface area contributed by atoms with E-state index < -0.39 is 0 Å². The molecule has 3 aromatic heterocycles. The van der Waals surface area contributed by atoms with Crippen molar-refractivity contribution < 1.29 is 9.47 Å². The van der Waals surface area contributed by atoms with Crippen molar-refractivity contribution in [1.82, 2.24) is 30.2 Å². The van der Waals surface area contributed by atoms with Gasteiger partial charge in [-0.05, 0) is 28.8 Å². The molecule has 4 heterocycles. The van der Waals surface area contributed by atoms with Crippen LogP contribution in [0.3, 0.4) is 0 Å². The number of ether oxygens (including phenoxy) is 2. The van der Waals surface area contributed by atoms with Crippen LogP contribution in [0.15, 0.2) is 11.4 Å². The van der Waals surface area contributed by atoms with E-state index in [4.69, 9.17) is 9.47 Å². The van der Waals surface area contributed by atoms with Crippen molar-refractivity contribution in [3.63, 3.8) is 0 Å². The van der Waals surface area contributed by atoms with Crippen molar-refractivity contribution in [3.05, 3.63) is 23.1 Å². The molecule has 0 N–H and O–H groups in total. The predicted molar refractivity (Wildman–Crippen MR) is 92.8 cm³/mol. The quantitative estimate of drug-likeness (QED) is 0.670. The molecule has 0 aliphatic carbocycles. The molecule has 1 unspecified atom stereocenters. The molecule has 0 aromatic carbocycles. The molecule has 4 rings (SSSR count). The van der Waals surface area contributed by atoms with Crippen molar-refractivity contribution in [1.29, 1.82) is 0 Å². The Morgan fingerprint density at radius 1 is 1.40 bits per heavy atom. The lowest BCUT2D eigenvalue weighted by atomic mass is 10.2. The zero-order chi connectivity index (χ0) is 17.2. The molecule has 1 atom stereocenters. The molecule has 132 valence electrons. The first-order valence-corrected chi connectivity index (χ1v) is 8.97. The summed E-state index contributed by atoms with van der Waals surface area (Å²) in [6, 6.07) is 2.07. The number of rotatable bonds is 5. The minimum Gasteiger partial charge on any atom is -0.383 e. The summed E-state index contributed by atoms with van der Waals surface area (Å²) in [5.41, 5.74) is 0. The topological polar surface area (TPSA) is 91.1 Å². The molecule has 1 aliphatic heterocycles. The highest BCUT2D eigenvalue weighted by Crippen LogP contribution is 2.31. The summed E-state index contributed by atoms with van der Waals surface area (Å²) in [6.45, 7) is 5.09. The third-order valence-corrected chi connectivity index (χ3v) is 4.94. The highest BCUT2D eigenvalue weighted by atomic mass is 32.1. The van der Waals surface area contributed by atoms with Gasteiger partial charge < -0.3 is 14.4 Å². The number of tetrazole rings is 1. The van der Waals surface area contributed by atoms with E-state index in [1.165, 1.54) is 0 Å². The maximum Gasteiger partial charge on any atom is 0.182 e. The molecule has 0 radical (unpaired) electrons. The van der Waals surface area contributed by atoms with E-state index in [0.29, 0.717) is 32.1 Å². The molecule has 0 bridgehead atoms. The van der Waals surface area contributed by atoms with E-state index in [9.17, 15) is 0 Å². The van der Waals surface area contributed by atoms with Crippen LogP contribution in [-0.2, 0) is 16.0 Å². The van der Waals surface area contributed by atoms with Gasteiger partial charge in [0.05, 0.1) is 31.7 Å². The molecule has 1 saturated heterocycles. The summed E-state index contributed by atoms with van der Waals surface area (Å²) in [4.78, 5) is 12.4. The molecular weight excluding hydrogens is 342 g/mol. The van der Waals surface area contributed by atoms with Crippen LogP contribution in [0.5, 0.6) is 0 Å². The Morgan fingerprint density at radius 3 is 3.20 bits per heavy atom. The van der Waals surface area contributed by atoms with Crippen LogP contribution in [-0.4, -0.2) is 63.6 Å². The van der Waals surface area contributed by atoms with E-state index in [2.05, 4.69) is 36.5 Å². The van der Waals surface area contributed by atoms with Crippen LogP contribution in [0.2, 0.25) is 0 Å². The van der Waals surface area contributed by atoms with Crippen LogP contribution in [0, 0.1) is 6.92 Å². The Hall–Kier alpha value is -2.17. The van der Waals surface area contributed by atoms with Gasteiger partial charge >= 0.3 is 0 Å². The van der Waals surface area contributed by atoms with Crippen molar-refractivity contribution in [2.75, 3.05) is 38.3 Å². The lowest BCUT2D eigenvalue weighted by Crippen LogP contribution is -2.40. The van der Waals surface area contributed by atoms with Gasteiger partial charge in [-0.1, -0.05) is 0 Å². The number of nitrogens with zero attached hydrogens (tertiary/aromatic N) is 7. The van der Waals surface area contributed by atoms with E-state index in [1.54, 1.807) is 23.1 Å². The Balaban J connectivity index is 1.61. The minimum atomic E-state index is -0.204. The maximum atomic E-state index is 5.93. The number of fused-ring (bicyclic) bond motifs is 1. The zero-order valence-corrected chi connectivity index (χ0v) is 14.9. The lowest BCUT2D eigenvalue weighted by molar-refractivity contribution is 0.0298. The van der Waals surface area contributed by atoms with Gasteiger partial charge in [0.15, 0.2) is 5.82 Å². The SMILES string of the molecule is COCCn1nnnc1C1CN(c2nc(C)nc3sccc23)CCO1. The lowest BCUT2D eigenvalue weighted by Gasteiger charge is -2.33. The first-order valence-electron chi connectivity index (χ1n) is 8.09. The molecule has 1 aliphatic rings. The number of aryl methyl sites for hydroxylation is 1. The summed E-state index contributed by atoms with van der Waals surface area (Å²) in [6.07, 6.45) is -0.204. The smallest absolute Gasteiger partial charge is 0.182 e. The fourth-order valence-corrected chi connectivity index (χ4v) is 3.77. The van der Waals surface area contributed by atoms with Crippen molar-refractivity contribution >= 4 is 27.4 Å². The highest BCUT2D eigenvalue weighted by Gasteiger charge is 2.28. The molecule has 3 aromatic rings. The summed E-state index contributed by atoms with van der Waals surface area (Å²) in [5.74, 6) is 2.44. The number of morpholine rings is 1. The first kappa shape index (κ1) is 16.3. The Labute approximate surface area is 148 Å². The van der Waals surface area contributed by atoms with Crippen LogP contribution >= 0.6 is 11.3 Å². The monoisotopic (exact) mass is 361 g/mol. The number of anilines is 1. The van der Waals surface area contributed by atoms with Gasteiger partial charge in [0.25, 0.3) is 0 Å². The van der Waals surface area contributed by atoms with E-state index in [-0.39, 0.29) is 6.10 Å². The van der Waals surface area contributed by atoms with Crippen LogP contribution in [0.1, 0.15) is 17.8 Å². The van der Waals surface area contributed by atoms with E-state index in [1.807, 2.05) is 12.3 Å². The number of hydrogen-bond donors (Lipinski definition) is 0.